The largest absolute Gasteiger partial charge is 0.308 e. The van der Waals surface area contributed by atoms with Crippen molar-refractivity contribution >= 4 is 21.6 Å². The van der Waals surface area contributed by atoms with Crippen molar-refractivity contribution in [3.63, 3.8) is 0 Å². The topological polar surface area (TPSA) is 25.2 Å². The van der Waals surface area contributed by atoms with Crippen molar-refractivity contribution in [1.82, 2.24) is 9.47 Å². The summed E-state index contributed by atoms with van der Waals surface area (Å²) in [4.78, 5) is 14.8. The molecule has 1 fully saturated rings. The van der Waals surface area contributed by atoms with Crippen molar-refractivity contribution in [2.75, 3.05) is 19.6 Å². The maximum atomic E-state index is 12.1. The molecule has 1 aromatic heterocycles. The third kappa shape index (κ3) is 3.13. The van der Waals surface area contributed by atoms with E-state index in [1.807, 2.05) is 22.8 Å². The lowest BCUT2D eigenvalue weighted by atomic mass is 10.1. The van der Waals surface area contributed by atoms with Crippen LogP contribution in [0.4, 0.5) is 0 Å². The standard InChI is InChI=1S/C16H22N2OS/c19-16-18(14-8-4-5-9-15(14)20-16)13-12-17-10-6-2-1-3-7-11-17/h4-5,8-9H,1-3,6-7,10-13H2. The lowest BCUT2D eigenvalue weighted by Crippen LogP contribution is -2.32. The van der Waals surface area contributed by atoms with Crippen LogP contribution in [-0.4, -0.2) is 29.1 Å². The summed E-state index contributed by atoms with van der Waals surface area (Å²) in [6.07, 6.45) is 6.72. The van der Waals surface area contributed by atoms with E-state index in [1.54, 1.807) is 0 Å². The highest BCUT2D eigenvalue weighted by Gasteiger charge is 2.11. The molecular weight excluding hydrogens is 268 g/mol. The molecule has 0 bridgehead atoms. The summed E-state index contributed by atoms with van der Waals surface area (Å²) in [7, 11) is 0. The minimum atomic E-state index is 0.179. The zero-order valence-corrected chi connectivity index (χ0v) is 12.7. The number of aromatic nitrogens is 1. The molecule has 0 unspecified atom stereocenters. The summed E-state index contributed by atoms with van der Waals surface area (Å²) in [6, 6.07) is 8.11. The second-order valence-corrected chi connectivity index (χ2v) is 6.59. The molecule has 20 heavy (non-hydrogen) atoms. The molecule has 2 aromatic rings. The molecule has 2 heterocycles. The molecule has 1 aromatic carbocycles. The number of rotatable bonds is 3. The maximum Gasteiger partial charge on any atom is 0.308 e. The Morgan fingerprint density at radius 2 is 1.65 bits per heavy atom. The molecule has 0 aliphatic carbocycles. The number of thiazole rings is 1. The fourth-order valence-corrected chi connectivity index (χ4v) is 3.92. The lowest BCUT2D eigenvalue weighted by Gasteiger charge is -2.24. The number of likely N-dealkylation sites (tertiary alicyclic amines) is 1. The van der Waals surface area contributed by atoms with Crippen LogP contribution in [0.3, 0.4) is 0 Å². The van der Waals surface area contributed by atoms with E-state index in [1.165, 1.54) is 56.5 Å². The normalized spacial score (nSPS) is 18.0. The van der Waals surface area contributed by atoms with Gasteiger partial charge in [-0.05, 0) is 38.1 Å². The molecule has 3 rings (SSSR count). The molecule has 108 valence electrons. The lowest BCUT2D eigenvalue weighted by molar-refractivity contribution is 0.239. The number of benzene rings is 1. The third-order valence-electron chi connectivity index (χ3n) is 4.16. The van der Waals surface area contributed by atoms with E-state index in [2.05, 4.69) is 11.0 Å². The monoisotopic (exact) mass is 290 g/mol. The van der Waals surface area contributed by atoms with E-state index >= 15 is 0 Å². The number of hydrogen-bond donors (Lipinski definition) is 0. The molecule has 1 saturated heterocycles. The first-order valence-electron chi connectivity index (χ1n) is 7.65. The predicted molar refractivity (Wildman–Crippen MR) is 85.6 cm³/mol. The van der Waals surface area contributed by atoms with Crippen LogP contribution in [0, 0.1) is 0 Å². The van der Waals surface area contributed by atoms with Gasteiger partial charge in [0.05, 0.1) is 10.2 Å². The van der Waals surface area contributed by atoms with E-state index in [0.717, 1.165) is 23.3 Å². The Balaban J connectivity index is 1.69. The van der Waals surface area contributed by atoms with Gasteiger partial charge < -0.3 is 4.90 Å². The first-order valence-corrected chi connectivity index (χ1v) is 8.47. The quantitative estimate of drug-likeness (QED) is 0.866. The van der Waals surface area contributed by atoms with E-state index in [-0.39, 0.29) is 4.87 Å². The molecule has 0 saturated carbocycles. The number of nitrogens with zero attached hydrogens (tertiary/aromatic N) is 2. The van der Waals surface area contributed by atoms with E-state index in [9.17, 15) is 4.79 Å². The van der Waals surface area contributed by atoms with Crippen LogP contribution in [0.1, 0.15) is 32.1 Å². The Hall–Kier alpha value is -1.13. The fourth-order valence-electron chi connectivity index (χ4n) is 3.00. The smallest absolute Gasteiger partial charge is 0.302 e. The first-order chi connectivity index (χ1) is 9.84. The molecule has 4 heteroatoms. The van der Waals surface area contributed by atoms with Gasteiger partial charge in [0.25, 0.3) is 0 Å². The van der Waals surface area contributed by atoms with Gasteiger partial charge in [0, 0.05) is 13.1 Å². The van der Waals surface area contributed by atoms with Crippen LogP contribution in [0.25, 0.3) is 10.2 Å². The number of hydrogen-bond acceptors (Lipinski definition) is 3. The minimum absolute atomic E-state index is 0.179. The van der Waals surface area contributed by atoms with Gasteiger partial charge in [-0.2, -0.15) is 0 Å². The Labute approximate surface area is 123 Å². The molecule has 0 N–H and O–H groups in total. The maximum absolute atomic E-state index is 12.1. The molecule has 0 radical (unpaired) electrons. The molecule has 0 amide bonds. The second-order valence-electron chi connectivity index (χ2n) is 5.60. The molecule has 1 aliphatic rings. The Kier molecular flexibility index (Phi) is 4.53. The first kappa shape index (κ1) is 13.8. The van der Waals surface area contributed by atoms with Gasteiger partial charge in [-0.25, -0.2) is 0 Å². The van der Waals surface area contributed by atoms with Crippen LogP contribution in [0.2, 0.25) is 0 Å². The average Bonchev–Trinajstić information content (AvgIpc) is 2.73. The van der Waals surface area contributed by atoms with Crippen LogP contribution in [0.15, 0.2) is 29.1 Å². The van der Waals surface area contributed by atoms with Crippen LogP contribution in [-0.2, 0) is 6.54 Å². The number of fused-ring (bicyclic) bond motifs is 1. The molecule has 0 atom stereocenters. The highest BCUT2D eigenvalue weighted by Crippen LogP contribution is 2.16. The van der Waals surface area contributed by atoms with Gasteiger partial charge in [0.1, 0.15) is 0 Å². The van der Waals surface area contributed by atoms with Gasteiger partial charge >= 0.3 is 4.87 Å². The van der Waals surface area contributed by atoms with Gasteiger partial charge in [-0.3, -0.25) is 9.36 Å². The van der Waals surface area contributed by atoms with Crippen LogP contribution >= 0.6 is 11.3 Å². The summed E-state index contributed by atoms with van der Waals surface area (Å²) in [5.41, 5.74) is 1.09. The third-order valence-corrected chi connectivity index (χ3v) is 5.12. The van der Waals surface area contributed by atoms with E-state index in [4.69, 9.17) is 0 Å². The summed E-state index contributed by atoms with van der Waals surface area (Å²) < 4.78 is 3.05. The molecular formula is C16H22N2OS. The summed E-state index contributed by atoms with van der Waals surface area (Å²) in [5, 5.41) is 0. The Morgan fingerprint density at radius 3 is 2.45 bits per heavy atom. The molecule has 1 aliphatic heterocycles. The van der Waals surface area contributed by atoms with Crippen LogP contribution in [0.5, 0.6) is 0 Å². The van der Waals surface area contributed by atoms with Gasteiger partial charge in [0.2, 0.25) is 0 Å². The highest BCUT2D eigenvalue weighted by molar-refractivity contribution is 7.16. The van der Waals surface area contributed by atoms with Gasteiger partial charge in [-0.1, -0.05) is 42.7 Å². The minimum Gasteiger partial charge on any atom is -0.302 e. The highest BCUT2D eigenvalue weighted by atomic mass is 32.1. The summed E-state index contributed by atoms with van der Waals surface area (Å²) >= 11 is 1.36. The molecule has 0 spiro atoms. The van der Waals surface area contributed by atoms with Crippen LogP contribution < -0.4 is 4.87 Å². The SMILES string of the molecule is O=c1sc2ccccc2n1CCN1CCCCCCC1. The van der Waals surface area contributed by atoms with Crippen molar-refractivity contribution in [2.45, 2.75) is 38.6 Å². The summed E-state index contributed by atoms with van der Waals surface area (Å²) in [6.45, 7) is 4.21. The summed E-state index contributed by atoms with van der Waals surface area (Å²) in [5.74, 6) is 0. The number of para-hydroxylation sites is 1. The Morgan fingerprint density at radius 1 is 0.950 bits per heavy atom. The van der Waals surface area contributed by atoms with Gasteiger partial charge in [0.15, 0.2) is 0 Å². The Bertz CT molecular complexity index is 608. The second kappa shape index (κ2) is 6.55. The zero-order chi connectivity index (χ0) is 13.8. The van der Waals surface area contributed by atoms with Gasteiger partial charge in [-0.15, -0.1) is 0 Å². The average molecular weight is 290 g/mol. The van der Waals surface area contributed by atoms with Crippen molar-refractivity contribution in [3.05, 3.63) is 33.9 Å². The predicted octanol–water partition coefficient (Wildman–Crippen LogP) is 3.33. The van der Waals surface area contributed by atoms with Crippen molar-refractivity contribution in [1.29, 1.82) is 0 Å². The van der Waals surface area contributed by atoms with E-state index in [0.29, 0.717) is 0 Å². The molecule has 3 nitrogen and oxygen atoms in total. The fraction of sp³-hybridized carbons (Fsp3) is 0.562. The van der Waals surface area contributed by atoms with Crippen molar-refractivity contribution in [3.8, 4) is 0 Å². The van der Waals surface area contributed by atoms with E-state index < -0.39 is 0 Å². The van der Waals surface area contributed by atoms with Crippen molar-refractivity contribution in [2.24, 2.45) is 0 Å². The zero-order valence-electron chi connectivity index (χ0n) is 11.9. The van der Waals surface area contributed by atoms with Crippen molar-refractivity contribution < 1.29 is 0 Å².